The largest absolute Gasteiger partial charge is 4.00 e. The molecule has 0 aromatic rings. The van der Waals surface area contributed by atoms with E-state index in [-0.39, 0.29) is 61.8 Å². The Morgan fingerprint density at radius 3 is 0.800 bits per heavy atom. The molecule has 64 valence electrons. The maximum absolute atomic E-state index is 8.52. The van der Waals surface area contributed by atoms with E-state index in [9.17, 15) is 0 Å². The standard InChI is InChI=1S/H2O4S.4H2O.Th/c1-5(2,3)4;;;;;/h(H2,1,2,3,4);4*1H2;/q;;;;;+4/p-2. The van der Waals surface area contributed by atoms with Crippen LogP contribution in [0.15, 0.2) is 0 Å². The van der Waals surface area contributed by atoms with Gasteiger partial charge in [0.2, 0.25) is 0 Å². The van der Waals surface area contributed by atoms with Crippen molar-refractivity contribution in [1.29, 1.82) is 0 Å². The van der Waals surface area contributed by atoms with Crippen LogP contribution in [0.5, 0.6) is 0 Å². The zero-order valence-corrected chi connectivity index (χ0v) is 9.47. The van der Waals surface area contributed by atoms with Crippen LogP contribution in [0.25, 0.3) is 0 Å². The molecule has 0 aromatic heterocycles. The van der Waals surface area contributed by atoms with Gasteiger partial charge in [-0.25, -0.2) is 0 Å². The first-order valence-electron chi connectivity index (χ1n) is 0.667. The molecule has 0 heterocycles. The molecular formula is H8O8STh+2. The monoisotopic (exact) mass is 400 g/mol. The van der Waals surface area contributed by atoms with Gasteiger partial charge in [-0.05, 0) is 0 Å². The summed E-state index contributed by atoms with van der Waals surface area (Å²) in [4.78, 5) is 0. The second-order valence-corrected chi connectivity index (χ2v) is 1.22. The van der Waals surface area contributed by atoms with E-state index in [0.717, 1.165) is 0 Å². The Kier molecular flexibility index (Phi) is 72.6. The normalized spacial score (nSPS) is 5.80. The summed E-state index contributed by atoms with van der Waals surface area (Å²) in [5, 5.41) is 0. The maximum Gasteiger partial charge on any atom is 4.00 e. The van der Waals surface area contributed by atoms with E-state index in [0.29, 0.717) is 0 Å². The molecule has 0 aliphatic carbocycles. The molecule has 0 aromatic carbocycles. The first kappa shape index (κ1) is 43.8. The van der Waals surface area contributed by atoms with Gasteiger partial charge in [0.1, 0.15) is 0 Å². The van der Waals surface area contributed by atoms with Crippen LogP contribution in [-0.2, 0) is 10.4 Å². The van der Waals surface area contributed by atoms with Gasteiger partial charge in [0.15, 0.2) is 0 Å². The Bertz CT molecular complexity index is 92.4. The molecular weight excluding hydrogens is 392 g/mol. The predicted octanol–water partition coefficient (Wildman–Crippen LogP) is -4.64. The molecule has 0 spiro atoms. The van der Waals surface area contributed by atoms with Crippen molar-refractivity contribution in [2.75, 3.05) is 0 Å². The summed E-state index contributed by atoms with van der Waals surface area (Å²) < 4.78 is 34.1. The van der Waals surface area contributed by atoms with Crippen LogP contribution >= 0.6 is 0 Å². The number of rotatable bonds is 0. The summed E-state index contributed by atoms with van der Waals surface area (Å²) in [7, 11) is -5.17. The summed E-state index contributed by atoms with van der Waals surface area (Å²) in [5.41, 5.74) is 0. The maximum atomic E-state index is 8.52. The molecule has 0 bridgehead atoms. The molecule has 0 radical (unpaired) electrons. The Hall–Kier alpha value is 1.03. The summed E-state index contributed by atoms with van der Waals surface area (Å²) >= 11 is 0. The third-order valence-electron chi connectivity index (χ3n) is 0. The van der Waals surface area contributed by atoms with E-state index >= 15 is 0 Å². The van der Waals surface area contributed by atoms with Crippen molar-refractivity contribution in [3.05, 3.63) is 0 Å². The summed E-state index contributed by atoms with van der Waals surface area (Å²) in [5.74, 6) is 0. The molecule has 0 atom stereocenters. The summed E-state index contributed by atoms with van der Waals surface area (Å²) in [6, 6.07) is 0. The fourth-order valence-electron chi connectivity index (χ4n) is 0. The van der Waals surface area contributed by atoms with Crippen molar-refractivity contribution in [2.45, 2.75) is 0 Å². The predicted molar refractivity (Wildman–Crippen MR) is 24.9 cm³/mol. The molecule has 0 rings (SSSR count). The summed E-state index contributed by atoms with van der Waals surface area (Å²) in [6.45, 7) is 0. The van der Waals surface area contributed by atoms with Crippen LogP contribution in [0.2, 0.25) is 0 Å². The van der Waals surface area contributed by atoms with E-state index in [1.54, 1.807) is 0 Å². The Labute approximate surface area is 89.1 Å². The average Bonchev–Trinajstić information content (AvgIpc) is 0.722. The zero-order chi connectivity index (χ0) is 4.50. The molecule has 0 aliphatic heterocycles. The average molecular weight is 400 g/mol. The molecule has 0 saturated carbocycles. The molecule has 10 heavy (non-hydrogen) atoms. The van der Waals surface area contributed by atoms with Crippen molar-refractivity contribution in [1.82, 2.24) is 0 Å². The topological polar surface area (TPSA) is 206 Å². The number of hydrogen-bond acceptors (Lipinski definition) is 4. The van der Waals surface area contributed by atoms with Crippen LogP contribution in [0.1, 0.15) is 0 Å². The first-order chi connectivity index (χ1) is 2.00. The van der Waals surface area contributed by atoms with E-state index in [1.165, 1.54) is 0 Å². The summed E-state index contributed by atoms with van der Waals surface area (Å²) in [6.07, 6.45) is 0. The zero-order valence-electron chi connectivity index (χ0n) is 4.54. The SMILES string of the molecule is O.O.O.O.O=S(=O)([O-])[O-].[Th+4]. The molecule has 0 fully saturated rings. The molecule has 0 amide bonds. The Morgan fingerprint density at radius 2 is 0.800 bits per heavy atom. The van der Waals surface area contributed by atoms with Gasteiger partial charge < -0.3 is 31.0 Å². The van der Waals surface area contributed by atoms with Gasteiger partial charge >= 0.3 is 39.9 Å². The fourth-order valence-corrected chi connectivity index (χ4v) is 0. The van der Waals surface area contributed by atoms with Crippen LogP contribution in [0, 0.1) is 39.9 Å². The second-order valence-electron chi connectivity index (χ2n) is 0.408. The molecule has 0 saturated heterocycles. The van der Waals surface area contributed by atoms with Crippen LogP contribution in [0.4, 0.5) is 0 Å². The second kappa shape index (κ2) is 16.6. The van der Waals surface area contributed by atoms with Gasteiger partial charge in [-0.3, -0.25) is 8.42 Å². The fraction of sp³-hybridized carbons (Fsp3) is 0. The molecule has 0 aliphatic rings. The van der Waals surface area contributed by atoms with Gasteiger partial charge in [0.25, 0.3) is 0 Å². The molecule has 8 nitrogen and oxygen atoms in total. The van der Waals surface area contributed by atoms with Crippen molar-refractivity contribution in [3.8, 4) is 0 Å². The van der Waals surface area contributed by atoms with Gasteiger partial charge in [-0.15, -0.1) is 0 Å². The quantitative estimate of drug-likeness (QED) is 0.290. The smallest absolute Gasteiger partial charge is 0.759 e. The van der Waals surface area contributed by atoms with Gasteiger partial charge in [-0.1, -0.05) is 0 Å². The molecule has 10 heteroatoms. The van der Waals surface area contributed by atoms with Crippen molar-refractivity contribution < 1.29 is 79.4 Å². The minimum absolute atomic E-state index is 0. The van der Waals surface area contributed by atoms with E-state index in [2.05, 4.69) is 0 Å². The first-order valence-corrected chi connectivity index (χ1v) is 2.00. The van der Waals surface area contributed by atoms with Gasteiger partial charge in [0, 0.05) is 10.4 Å². The van der Waals surface area contributed by atoms with Crippen molar-refractivity contribution in [3.63, 3.8) is 0 Å². The third-order valence-corrected chi connectivity index (χ3v) is 0. The minimum Gasteiger partial charge on any atom is -0.759 e. The van der Waals surface area contributed by atoms with Crippen LogP contribution in [0.3, 0.4) is 0 Å². The molecule has 8 N–H and O–H groups in total. The van der Waals surface area contributed by atoms with E-state index in [4.69, 9.17) is 17.5 Å². The minimum atomic E-state index is -5.17. The third kappa shape index (κ3) is 545. The number of hydrogen-bond donors (Lipinski definition) is 0. The van der Waals surface area contributed by atoms with Gasteiger partial charge in [-0.2, -0.15) is 0 Å². The Morgan fingerprint density at radius 1 is 0.800 bits per heavy atom. The molecule has 0 unspecified atom stereocenters. The van der Waals surface area contributed by atoms with Crippen LogP contribution in [-0.4, -0.2) is 39.4 Å². The Balaban J connectivity index is -0.00000000800. The van der Waals surface area contributed by atoms with Crippen LogP contribution < -0.4 is 0 Å². The van der Waals surface area contributed by atoms with E-state index in [1.807, 2.05) is 0 Å². The van der Waals surface area contributed by atoms with Crippen molar-refractivity contribution in [2.24, 2.45) is 0 Å². The van der Waals surface area contributed by atoms with E-state index < -0.39 is 10.4 Å². The van der Waals surface area contributed by atoms with Gasteiger partial charge in [0.05, 0.1) is 0 Å². The van der Waals surface area contributed by atoms with Crippen molar-refractivity contribution >= 4 is 10.4 Å².